The van der Waals surface area contributed by atoms with Crippen molar-refractivity contribution in [1.29, 1.82) is 0 Å². The summed E-state index contributed by atoms with van der Waals surface area (Å²) in [6.07, 6.45) is -0.456. The Labute approximate surface area is 108 Å². The number of carbonyl (C=O) groups excluding carboxylic acids is 1. The highest BCUT2D eigenvalue weighted by Gasteiger charge is 2.33. The van der Waals surface area contributed by atoms with E-state index < -0.39 is 11.6 Å². The van der Waals surface area contributed by atoms with Crippen LogP contribution in [-0.2, 0) is 4.79 Å². The summed E-state index contributed by atoms with van der Waals surface area (Å²) in [7, 11) is 0. The topological polar surface area (TPSA) is 55.6 Å². The number of hydrogen-bond donors (Lipinski definition) is 1. The quantitative estimate of drug-likeness (QED) is 0.869. The van der Waals surface area contributed by atoms with Crippen LogP contribution < -0.4 is 15.4 Å². The van der Waals surface area contributed by atoms with Gasteiger partial charge in [-0.2, -0.15) is 0 Å². The SMILES string of the molecule is Cc1ccc2c(c1)N(CC(C)(C)N)C(=O)C(C)O2. The molecular formula is C14H20N2O2. The Hall–Kier alpha value is -1.55. The number of carbonyl (C=O) groups is 1. The number of aryl methyl sites for hydroxylation is 1. The Morgan fingerprint density at radius 3 is 2.72 bits per heavy atom. The van der Waals surface area contributed by atoms with Gasteiger partial charge >= 0.3 is 0 Å². The maximum absolute atomic E-state index is 12.2. The first-order valence-corrected chi connectivity index (χ1v) is 6.15. The maximum atomic E-state index is 12.2. The zero-order valence-corrected chi connectivity index (χ0v) is 11.4. The molecular weight excluding hydrogens is 228 g/mol. The molecule has 1 atom stereocenters. The van der Waals surface area contributed by atoms with Crippen LogP contribution >= 0.6 is 0 Å². The molecule has 18 heavy (non-hydrogen) atoms. The molecule has 2 N–H and O–H groups in total. The number of nitrogens with two attached hydrogens (primary N) is 1. The van der Waals surface area contributed by atoms with Crippen LogP contribution in [0.25, 0.3) is 0 Å². The molecule has 4 nitrogen and oxygen atoms in total. The van der Waals surface area contributed by atoms with Crippen LogP contribution in [0.4, 0.5) is 5.69 Å². The third-order valence-electron chi connectivity index (χ3n) is 2.89. The summed E-state index contributed by atoms with van der Waals surface area (Å²) in [5.41, 5.74) is 7.51. The van der Waals surface area contributed by atoms with Crippen LogP contribution in [0.3, 0.4) is 0 Å². The smallest absolute Gasteiger partial charge is 0.267 e. The zero-order chi connectivity index (χ0) is 13.5. The summed E-state index contributed by atoms with van der Waals surface area (Å²) in [5, 5.41) is 0. The Kier molecular flexibility index (Phi) is 3.07. The highest BCUT2D eigenvalue weighted by atomic mass is 16.5. The van der Waals surface area contributed by atoms with Crippen molar-refractivity contribution in [3.8, 4) is 5.75 Å². The van der Waals surface area contributed by atoms with Crippen molar-refractivity contribution in [1.82, 2.24) is 0 Å². The van der Waals surface area contributed by atoms with Crippen LogP contribution in [-0.4, -0.2) is 24.1 Å². The van der Waals surface area contributed by atoms with Crippen molar-refractivity contribution in [2.45, 2.75) is 39.3 Å². The van der Waals surface area contributed by atoms with Gasteiger partial charge in [-0.1, -0.05) is 6.07 Å². The van der Waals surface area contributed by atoms with Crippen LogP contribution in [0, 0.1) is 6.92 Å². The van der Waals surface area contributed by atoms with Crippen LogP contribution in [0.2, 0.25) is 0 Å². The van der Waals surface area contributed by atoms with E-state index in [1.54, 1.807) is 11.8 Å². The van der Waals surface area contributed by atoms with E-state index in [-0.39, 0.29) is 5.91 Å². The van der Waals surface area contributed by atoms with Crippen molar-refractivity contribution in [2.75, 3.05) is 11.4 Å². The van der Waals surface area contributed by atoms with Crippen molar-refractivity contribution in [2.24, 2.45) is 5.73 Å². The first-order valence-electron chi connectivity index (χ1n) is 6.15. The van der Waals surface area contributed by atoms with Gasteiger partial charge in [-0.25, -0.2) is 0 Å². The van der Waals surface area contributed by atoms with Gasteiger partial charge in [-0.3, -0.25) is 4.79 Å². The lowest BCUT2D eigenvalue weighted by molar-refractivity contribution is -0.125. The van der Waals surface area contributed by atoms with Crippen molar-refractivity contribution < 1.29 is 9.53 Å². The Morgan fingerprint density at radius 2 is 2.11 bits per heavy atom. The number of fused-ring (bicyclic) bond motifs is 1. The number of hydrogen-bond acceptors (Lipinski definition) is 3. The number of amides is 1. The predicted octanol–water partition coefficient (Wildman–Crippen LogP) is 1.85. The first-order chi connectivity index (χ1) is 8.28. The summed E-state index contributed by atoms with van der Waals surface area (Å²) in [6, 6.07) is 5.85. The number of nitrogens with zero attached hydrogens (tertiary/aromatic N) is 1. The van der Waals surface area contributed by atoms with E-state index in [9.17, 15) is 4.79 Å². The Balaban J connectivity index is 2.44. The van der Waals surface area contributed by atoms with Gasteiger partial charge in [0.2, 0.25) is 0 Å². The highest BCUT2D eigenvalue weighted by Crippen LogP contribution is 2.35. The number of ether oxygens (including phenoxy) is 1. The molecule has 0 aliphatic carbocycles. The molecule has 1 aromatic rings. The van der Waals surface area contributed by atoms with E-state index in [0.717, 1.165) is 17.0 Å². The molecule has 1 aliphatic heterocycles. The molecule has 1 heterocycles. The lowest BCUT2D eigenvalue weighted by Gasteiger charge is -2.36. The molecule has 0 spiro atoms. The predicted molar refractivity (Wildman–Crippen MR) is 71.9 cm³/mol. The van der Waals surface area contributed by atoms with Crippen molar-refractivity contribution in [3.63, 3.8) is 0 Å². The summed E-state index contributed by atoms with van der Waals surface area (Å²) >= 11 is 0. The summed E-state index contributed by atoms with van der Waals surface area (Å²) < 4.78 is 5.61. The maximum Gasteiger partial charge on any atom is 0.267 e. The molecule has 2 rings (SSSR count). The van der Waals surface area contributed by atoms with Gasteiger partial charge in [0.05, 0.1) is 5.69 Å². The molecule has 0 saturated heterocycles. The monoisotopic (exact) mass is 248 g/mol. The fraction of sp³-hybridized carbons (Fsp3) is 0.500. The van der Waals surface area contributed by atoms with Gasteiger partial charge in [-0.05, 0) is 45.4 Å². The largest absolute Gasteiger partial charge is 0.479 e. The standard InChI is InChI=1S/C14H20N2O2/c1-9-5-6-12-11(7-9)16(8-14(3,4)15)13(17)10(2)18-12/h5-7,10H,8,15H2,1-4H3. The van der Waals surface area contributed by atoms with Crippen LogP contribution in [0.5, 0.6) is 5.75 Å². The summed E-state index contributed by atoms with van der Waals surface area (Å²) in [6.45, 7) is 8.07. The van der Waals surface area contributed by atoms with E-state index in [4.69, 9.17) is 10.5 Å². The van der Waals surface area contributed by atoms with Crippen LogP contribution in [0.1, 0.15) is 26.3 Å². The second kappa shape index (κ2) is 4.28. The molecule has 0 radical (unpaired) electrons. The second-order valence-corrected chi connectivity index (χ2v) is 5.64. The fourth-order valence-electron chi connectivity index (χ4n) is 2.09. The molecule has 0 fully saturated rings. The molecule has 0 aromatic heterocycles. The van der Waals surface area contributed by atoms with Crippen molar-refractivity contribution in [3.05, 3.63) is 23.8 Å². The molecule has 0 saturated carbocycles. The summed E-state index contributed by atoms with van der Waals surface area (Å²) in [4.78, 5) is 14.0. The molecule has 1 amide bonds. The van der Waals surface area contributed by atoms with Crippen molar-refractivity contribution >= 4 is 11.6 Å². The minimum atomic E-state index is -0.456. The molecule has 4 heteroatoms. The van der Waals surface area contributed by atoms with Gasteiger partial charge in [0.1, 0.15) is 5.75 Å². The van der Waals surface area contributed by atoms with Gasteiger partial charge in [0.25, 0.3) is 5.91 Å². The third kappa shape index (κ3) is 2.48. The number of benzene rings is 1. The minimum absolute atomic E-state index is 0.0355. The summed E-state index contributed by atoms with van der Waals surface area (Å²) in [5.74, 6) is 0.712. The lowest BCUT2D eigenvalue weighted by Crippen LogP contribution is -2.53. The van der Waals surface area contributed by atoms with Gasteiger partial charge < -0.3 is 15.4 Å². The van der Waals surface area contributed by atoms with E-state index in [0.29, 0.717) is 6.54 Å². The van der Waals surface area contributed by atoms with Gasteiger partial charge in [0.15, 0.2) is 6.10 Å². The average molecular weight is 248 g/mol. The molecule has 98 valence electrons. The Bertz CT molecular complexity index is 477. The molecule has 1 aromatic carbocycles. The van der Waals surface area contributed by atoms with E-state index in [1.807, 2.05) is 39.0 Å². The van der Waals surface area contributed by atoms with E-state index in [1.165, 1.54) is 0 Å². The van der Waals surface area contributed by atoms with Gasteiger partial charge in [0, 0.05) is 12.1 Å². The van der Waals surface area contributed by atoms with E-state index in [2.05, 4.69) is 0 Å². The highest BCUT2D eigenvalue weighted by molar-refractivity contribution is 6.00. The molecule has 1 aliphatic rings. The normalized spacial score (nSPS) is 19.5. The van der Waals surface area contributed by atoms with E-state index >= 15 is 0 Å². The second-order valence-electron chi connectivity index (χ2n) is 5.64. The zero-order valence-electron chi connectivity index (χ0n) is 11.4. The third-order valence-corrected chi connectivity index (χ3v) is 2.89. The molecule has 1 unspecified atom stereocenters. The fourth-order valence-corrected chi connectivity index (χ4v) is 2.09. The van der Waals surface area contributed by atoms with Gasteiger partial charge in [-0.15, -0.1) is 0 Å². The first kappa shape index (κ1) is 12.9. The minimum Gasteiger partial charge on any atom is -0.479 e. The Morgan fingerprint density at radius 1 is 1.44 bits per heavy atom. The van der Waals surface area contributed by atoms with Crippen LogP contribution in [0.15, 0.2) is 18.2 Å². The number of rotatable bonds is 2. The molecule has 0 bridgehead atoms. The lowest BCUT2D eigenvalue weighted by atomic mass is 10.0. The number of anilines is 1. The average Bonchev–Trinajstić information content (AvgIpc) is 2.24.